The summed E-state index contributed by atoms with van der Waals surface area (Å²) in [6, 6.07) is 0. The Morgan fingerprint density at radius 3 is 2.74 bits per heavy atom. The molecule has 3 nitrogen and oxygen atoms in total. The molecular formula is C16H26O3. The number of aliphatic hydroxyl groups is 1. The molecule has 0 aromatic rings. The van der Waals surface area contributed by atoms with E-state index in [1.165, 1.54) is 5.57 Å². The van der Waals surface area contributed by atoms with Crippen LogP contribution in [-0.2, 0) is 9.53 Å². The number of rotatable bonds is 2. The summed E-state index contributed by atoms with van der Waals surface area (Å²) in [6.45, 7) is 6.17. The fourth-order valence-corrected chi connectivity index (χ4v) is 2.28. The highest BCUT2D eigenvalue weighted by Crippen LogP contribution is 2.27. The van der Waals surface area contributed by atoms with Gasteiger partial charge < -0.3 is 9.84 Å². The third-order valence-corrected chi connectivity index (χ3v) is 3.81. The molecule has 1 aliphatic rings. The summed E-state index contributed by atoms with van der Waals surface area (Å²) in [7, 11) is 1.60. The van der Waals surface area contributed by atoms with Crippen LogP contribution in [0.5, 0.6) is 0 Å². The van der Waals surface area contributed by atoms with E-state index in [0.29, 0.717) is 0 Å². The standard InChI is InChI=1S/C16H26O3/c1-12-5-6-15(19-4)13(11-17)14(18)8-10-16(2,3)9-7-12/h7-8,10,13,15,17H,5-6,9,11H2,1-4H3/b10-8+,12-7+. The lowest BCUT2D eigenvalue weighted by Crippen LogP contribution is -2.32. The number of carbonyl (C=O) groups excluding carboxylic acids is 1. The Labute approximate surface area is 116 Å². The van der Waals surface area contributed by atoms with Crippen molar-refractivity contribution in [2.45, 2.75) is 46.1 Å². The molecule has 1 aliphatic carbocycles. The first-order valence-corrected chi connectivity index (χ1v) is 6.92. The molecule has 108 valence electrons. The van der Waals surface area contributed by atoms with Gasteiger partial charge in [-0.1, -0.05) is 31.6 Å². The van der Waals surface area contributed by atoms with Gasteiger partial charge >= 0.3 is 0 Å². The molecule has 0 aromatic heterocycles. The van der Waals surface area contributed by atoms with E-state index in [9.17, 15) is 9.90 Å². The van der Waals surface area contributed by atoms with Gasteiger partial charge in [-0.2, -0.15) is 0 Å². The van der Waals surface area contributed by atoms with Crippen molar-refractivity contribution in [1.29, 1.82) is 0 Å². The zero-order chi connectivity index (χ0) is 14.5. The predicted molar refractivity (Wildman–Crippen MR) is 76.9 cm³/mol. The minimum Gasteiger partial charge on any atom is -0.396 e. The van der Waals surface area contributed by atoms with Crippen LogP contribution in [0.1, 0.15) is 40.0 Å². The Hall–Kier alpha value is -0.930. The second-order valence-corrected chi connectivity index (χ2v) is 6.08. The number of hydrogen-bond acceptors (Lipinski definition) is 3. The molecule has 1 N–H and O–H groups in total. The average molecular weight is 266 g/mol. The van der Waals surface area contributed by atoms with Gasteiger partial charge in [-0.25, -0.2) is 0 Å². The maximum atomic E-state index is 12.2. The number of hydrogen-bond donors (Lipinski definition) is 1. The normalized spacial score (nSPS) is 33.1. The summed E-state index contributed by atoms with van der Waals surface area (Å²) in [5.41, 5.74) is 1.28. The largest absolute Gasteiger partial charge is 0.396 e. The molecule has 0 aliphatic heterocycles. The minimum absolute atomic E-state index is 0.0379. The molecule has 0 aromatic carbocycles. The monoisotopic (exact) mass is 266 g/mol. The Kier molecular flexibility index (Phi) is 5.95. The number of ketones is 1. The van der Waals surface area contributed by atoms with Crippen molar-refractivity contribution in [1.82, 2.24) is 0 Å². The molecule has 2 atom stereocenters. The summed E-state index contributed by atoms with van der Waals surface area (Å²) >= 11 is 0. The number of methoxy groups -OCH3 is 1. The van der Waals surface area contributed by atoms with E-state index in [-0.39, 0.29) is 23.9 Å². The summed E-state index contributed by atoms with van der Waals surface area (Å²) in [5.74, 6) is -0.495. The number of ether oxygens (including phenoxy) is 1. The molecule has 19 heavy (non-hydrogen) atoms. The van der Waals surface area contributed by atoms with Crippen LogP contribution >= 0.6 is 0 Å². The van der Waals surface area contributed by atoms with Crippen molar-refractivity contribution in [2.24, 2.45) is 11.3 Å². The summed E-state index contributed by atoms with van der Waals surface area (Å²) in [4.78, 5) is 12.2. The zero-order valence-electron chi connectivity index (χ0n) is 12.5. The van der Waals surface area contributed by atoms with Crippen LogP contribution in [-0.4, -0.2) is 30.7 Å². The van der Waals surface area contributed by atoms with E-state index >= 15 is 0 Å². The highest BCUT2D eigenvalue weighted by atomic mass is 16.5. The van der Waals surface area contributed by atoms with Gasteiger partial charge in [-0.3, -0.25) is 4.79 Å². The van der Waals surface area contributed by atoms with E-state index in [0.717, 1.165) is 19.3 Å². The molecule has 0 radical (unpaired) electrons. The lowest BCUT2D eigenvalue weighted by Gasteiger charge is -2.22. The summed E-state index contributed by atoms with van der Waals surface area (Å²) in [5, 5.41) is 9.46. The molecule has 0 heterocycles. The maximum absolute atomic E-state index is 12.2. The van der Waals surface area contributed by atoms with Gasteiger partial charge in [0, 0.05) is 7.11 Å². The fraction of sp³-hybridized carbons (Fsp3) is 0.688. The fourth-order valence-electron chi connectivity index (χ4n) is 2.28. The molecule has 0 saturated heterocycles. The van der Waals surface area contributed by atoms with Crippen LogP contribution in [0.3, 0.4) is 0 Å². The van der Waals surface area contributed by atoms with E-state index < -0.39 is 5.92 Å². The molecule has 1 rings (SSSR count). The van der Waals surface area contributed by atoms with Gasteiger partial charge in [0.05, 0.1) is 18.6 Å². The molecule has 0 saturated carbocycles. The molecule has 0 amide bonds. The first-order valence-electron chi connectivity index (χ1n) is 6.92. The average Bonchev–Trinajstić information content (AvgIpc) is 2.39. The van der Waals surface area contributed by atoms with Crippen LogP contribution in [0.25, 0.3) is 0 Å². The van der Waals surface area contributed by atoms with Crippen molar-refractivity contribution >= 4 is 5.78 Å². The summed E-state index contributed by atoms with van der Waals surface area (Å²) in [6.07, 6.45) is 8.17. The quantitative estimate of drug-likeness (QED) is 0.782. The molecule has 0 fully saturated rings. The zero-order valence-corrected chi connectivity index (χ0v) is 12.5. The SMILES string of the molecule is COC1CC/C(C)=C/CC(C)(C)/C=C/C(=O)C1CO. The van der Waals surface area contributed by atoms with Crippen LogP contribution < -0.4 is 0 Å². The van der Waals surface area contributed by atoms with Crippen molar-refractivity contribution in [3.05, 3.63) is 23.8 Å². The topological polar surface area (TPSA) is 46.5 Å². The Morgan fingerprint density at radius 2 is 2.16 bits per heavy atom. The molecule has 0 spiro atoms. The van der Waals surface area contributed by atoms with Crippen LogP contribution in [0.4, 0.5) is 0 Å². The Bertz CT molecular complexity index is 366. The van der Waals surface area contributed by atoms with Gasteiger partial charge in [0.15, 0.2) is 5.78 Å². The van der Waals surface area contributed by atoms with Gasteiger partial charge in [-0.15, -0.1) is 0 Å². The molecule has 0 bridgehead atoms. The first-order chi connectivity index (χ1) is 8.89. The highest BCUT2D eigenvalue weighted by molar-refractivity contribution is 5.92. The summed E-state index contributed by atoms with van der Waals surface area (Å²) < 4.78 is 5.40. The number of carbonyl (C=O) groups is 1. The van der Waals surface area contributed by atoms with Gasteiger partial charge in [0.1, 0.15) is 0 Å². The Morgan fingerprint density at radius 1 is 1.47 bits per heavy atom. The van der Waals surface area contributed by atoms with Crippen LogP contribution in [0.15, 0.2) is 23.8 Å². The van der Waals surface area contributed by atoms with Crippen LogP contribution in [0, 0.1) is 11.3 Å². The van der Waals surface area contributed by atoms with Crippen LogP contribution in [0.2, 0.25) is 0 Å². The third-order valence-electron chi connectivity index (χ3n) is 3.81. The predicted octanol–water partition coefficient (Wildman–Crippen LogP) is 2.89. The smallest absolute Gasteiger partial charge is 0.163 e. The van der Waals surface area contributed by atoms with E-state index in [2.05, 4.69) is 26.8 Å². The second-order valence-electron chi connectivity index (χ2n) is 6.08. The lowest BCUT2D eigenvalue weighted by atomic mass is 9.87. The van der Waals surface area contributed by atoms with E-state index in [4.69, 9.17) is 4.74 Å². The van der Waals surface area contributed by atoms with Crippen molar-refractivity contribution < 1.29 is 14.6 Å². The maximum Gasteiger partial charge on any atom is 0.163 e. The second kappa shape index (κ2) is 7.01. The highest BCUT2D eigenvalue weighted by Gasteiger charge is 2.27. The Balaban J connectivity index is 3.01. The number of aliphatic hydroxyl groups excluding tert-OH is 1. The van der Waals surface area contributed by atoms with Crippen molar-refractivity contribution in [3.63, 3.8) is 0 Å². The van der Waals surface area contributed by atoms with Gasteiger partial charge in [-0.05, 0) is 37.7 Å². The van der Waals surface area contributed by atoms with E-state index in [1.54, 1.807) is 13.2 Å². The third kappa shape index (κ3) is 4.92. The minimum atomic E-state index is -0.456. The first kappa shape index (κ1) is 16.1. The van der Waals surface area contributed by atoms with Gasteiger partial charge in [0.2, 0.25) is 0 Å². The van der Waals surface area contributed by atoms with Gasteiger partial charge in [0.25, 0.3) is 0 Å². The number of allylic oxidation sites excluding steroid dienone is 4. The molecule has 2 unspecified atom stereocenters. The van der Waals surface area contributed by atoms with E-state index in [1.807, 2.05) is 6.08 Å². The molecular weight excluding hydrogens is 240 g/mol. The van der Waals surface area contributed by atoms with Crippen molar-refractivity contribution in [3.8, 4) is 0 Å². The van der Waals surface area contributed by atoms with Crippen molar-refractivity contribution in [2.75, 3.05) is 13.7 Å². The molecule has 3 heteroatoms. The lowest BCUT2D eigenvalue weighted by molar-refractivity contribution is -0.124.